The first kappa shape index (κ1) is 13.0. The molecule has 0 spiro atoms. The molecule has 0 bridgehead atoms. The highest BCUT2D eigenvalue weighted by Gasteiger charge is 2.23. The normalized spacial score (nSPS) is 25.9. The van der Waals surface area contributed by atoms with Crippen LogP contribution in [0.4, 0.5) is 0 Å². The highest BCUT2D eigenvalue weighted by atomic mass is 16.5. The summed E-state index contributed by atoms with van der Waals surface area (Å²) < 4.78 is 12.6. The number of ether oxygens (including phenoxy) is 2. The van der Waals surface area contributed by atoms with Crippen molar-refractivity contribution in [1.82, 2.24) is 19.7 Å². The Morgan fingerprint density at radius 2 is 2.14 bits per heavy atom. The zero-order valence-corrected chi connectivity index (χ0v) is 11.7. The summed E-state index contributed by atoms with van der Waals surface area (Å²) >= 11 is 0. The van der Waals surface area contributed by atoms with E-state index in [1.807, 2.05) is 4.68 Å². The first-order valence-corrected chi connectivity index (χ1v) is 7.43. The van der Waals surface area contributed by atoms with Crippen molar-refractivity contribution in [1.29, 1.82) is 0 Å². The van der Waals surface area contributed by atoms with Crippen LogP contribution in [0.1, 0.15) is 24.7 Å². The Balaban J connectivity index is 1.72. The lowest BCUT2D eigenvalue weighted by Gasteiger charge is -2.10. The minimum Gasteiger partial charge on any atom is -0.381 e. The maximum atomic E-state index is 12.2. The summed E-state index contributed by atoms with van der Waals surface area (Å²) in [6.07, 6.45) is 4.29. The highest BCUT2D eigenvalue weighted by molar-refractivity contribution is 5.73. The van der Waals surface area contributed by atoms with E-state index < -0.39 is 0 Å². The summed E-state index contributed by atoms with van der Waals surface area (Å²) in [5.41, 5.74) is 0.558. The van der Waals surface area contributed by atoms with Crippen LogP contribution in [0.3, 0.4) is 0 Å². The Morgan fingerprint density at radius 3 is 2.90 bits per heavy atom. The Labute approximate surface area is 121 Å². The number of hydrogen-bond acceptors (Lipinski definition) is 5. The van der Waals surface area contributed by atoms with Crippen molar-refractivity contribution < 1.29 is 9.47 Å². The molecule has 2 saturated heterocycles. The van der Waals surface area contributed by atoms with Gasteiger partial charge >= 0.3 is 0 Å². The average Bonchev–Trinajstić information content (AvgIpc) is 3.19. The van der Waals surface area contributed by atoms with E-state index in [2.05, 4.69) is 15.1 Å². The van der Waals surface area contributed by atoms with Gasteiger partial charge in [0.25, 0.3) is 5.56 Å². The predicted octanol–water partition coefficient (Wildman–Crippen LogP) is 0.660. The lowest BCUT2D eigenvalue weighted by molar-refractivity contribution is 0.185. The van der Waals surface area contributed by atoms with Gasteiger partial charge in [0.15, 0.2) is 5.65 Å². The van der Waals surface area contributed by atoms with Crippen molar-refractivity contribution >= 4 is 11.0 Å². The third-order valence-corrected chi connectivity index (χ3v) is 4.27. The van der Waals surface area contributed by atoms with Crippen molar-refractivity contribution in [2.45, 2.75) is 25.3 Å². The molecule has 7 heteroatoms. The maximum Gasteiger partial charge on any atom is 0.262 e. The number of H-pyrrole nitrogens is 1. The molecule has 0 aromatic carbocycles. The molecule has 0 aliphatic carbocycles. The highest BCUT2D eigenvalue weighted by Crippen LogP contribution is 2.22. The molecule has 2 aliphatic heterocycles. The van der Waals surface area contributed by atoms with Crippen molar-refractivity contribution in [2.24, 2.45) is 5.92 Å². The first-order valence-electron chi connectivity index (χ1n) is 7.43. The van der Waals surface area contributed by atoms with E-state index in [9.17, 15) is 4.79 Å². The van der Waals surface area contributed by atoms with Gasteiger partial charge in [0.1, 0.15) is 11.2 Å². The van der Waals surface area contributed by atoms with Crippen LogP contribution < -0.4 is 5.56 Å². The molecule has 2 fully saturated rings. The third kappa shape index (κ3) is 2.36. The molecule has 4 rings (SSSR count). The molecule has 2 aromatic rings. The van der Waals surface area contributed by atoms with Gasteiger partial charge in [-0.1, -0.05) is 0 Å². The Hall–Kier alpha value is -1.73. The molecule has 2 aliphatic rings. The van der Waals surface area contributed by atoms with Gasteiger partial charge in [0.2, 0.25) is 0 Å². The topological polar surface area (TPSA) is 82.0 Å². The second-order valence-electron chi connectivity index (χ2n) is 5.79. The van der Waals surface area contributed by atoms with Gasteiger partial charge in [0.05, 0.1) is 18.8 Å². The molecule has 1 N–H and O–H groups in total. The lowest BCUT2D eigenvalue weighted by Crippen LogP contribution is -2.17. The molecule has 2 atom stereocenters. The minimum absolute atomic E-state index is 0.112. The summed E-state index contributed by atoms with van der Waals surface area (Å²) in [5.74, 6) is 1.17. The Kier molecular flexibility index (Phi) is 3.23. The van der Waals surface area contributed by atoms with Crippen molar-refractivity contribution in [3.8, 4) is 0 Å². The fraction of sp³-hybridized carbons (Fsp3) is 0.643. The standard InChI is InChI=1S/C14H18N4O3/c19-14-11-6-15-18(10-2-4-21-8-10)13(11)16-12(17-14)5-9-1-3-20-7-9/h6,9-10H,1-5,7-8H2,(H,16,17,19). The third-order valence-electron chi connectivity index (χ3n) is 4.27. The second kappa shape index (κ2) is 5.23. The van der Waals surface area contributed by atoms with Crippen LogP contribution in [0, 0.1) is 5.92 Å². The van der Waals surface area contributed by atoms with Crippen LogP contribution in [0.5, 0.6) is 0 Å². The van der Waals surface area contributed by atoms with Crippen molar-refractivity contribution in [2.75, 3.05) is 26.4 Å². The van der Waals surface area contributed by atoms with Crippen LogP contribution in [0.15, 0.2) is 11.0 Å². The van der Waals surface area contributed by atoms with Gasteiger partial charge in [-0.2, -0.15) is 5.10 Å². The van der Waals surface area contributed by atoms with Gasteiger partial charge in [-0.05, 0) is 18.8 Å². The molecular formula is C14H18N4O3. The van der Waals surface area contributed by atoms with E-state index in [1.165, 1.54) is 0 Å². The Morgan fingerprint density at radius 1 is 1.29 bits per heavy atom. The summed E-state index contributed by atoms with van der Waals surface area (Å²) in [6, 6.07) is 0.180. The van der Waals surface area contributed by atoms with Gasteiger partial charge in [-0.3, -0.25) is 4.79 Å². The molecule has 0 amide bonds. The van der Waals surface area contributed by atoms with E-state index in [0.29, 0.717) is 23.6 Å². The van der Waals surface area contributed by atoms with E-state index >= 15 is 0 Å². The summed E-state index contributed by atoms with van der Waals surface area (Å²) in [5, 5.41) is 4.89. The van der Waals surface area contributed by atoms with Gasteiger partial charge in [-0.25, -0.2) is 9.67 Å². The molecule has 4 heterocycles. The number of aromatic amines is 1. The molecule has 2 aromatic heterocycles. The number of rotatable bonds is 3. The largest absolute Gasteiger partial charge is 0.381 e. The quantitative estimate of drug-likeness (QED) is 0.898. The van der Waals surface area contributed by atoms with E-state index in [4.69, 9.17) is 9.47 Å². The van der Waals surface area contributed by atoms with E-state index in [0.717, 1.165) is 44.9 Å². The fourth-order valence-electron chi connectivity index (χ4n) is 3.08. The van der Waals surface area contributed by atoms with E-state index in [-0.39, 0.29) is 11.6 Å². The second-order valence-corrected chi connectivity index (χ2v) is 5.79. The fourth-order valence-corrected chi connectivity index (χ4v) is 3.08. The monoisotopic (exact) mass is 290 g/mol. The van der Waals surface area contributed by atoms with Crippen molar-refractivity contribution in [3.05, 3.63) is 22.4 Å². The molecule has 0 saturated carbocycles. The van der Waals surface area contributed by atoms with Crippen LogP contribution in [-0.4, -0.2) is 46.2 Å². The SMILES string of the molecule is O=c1[nH]c(CC2CCOC2)nc2c1cnn2C1CCOC1. The number of aromatic nitrogens is 4. The maximum absolute atomic E-state index is 12.2. The smallest absolute Gasteiger partial charge is 0.262 e. The van der Waals surface area contributed by atoms with Gasteiger partial charge < -0.3 is 14.5 Å². The molecular weight excluding hydrogens is 272 g/mol. The van der Waals surface area contributed by atoms with E-state index in [1.54, 1.807) is 6.20 Å². The van der Waals surface area contributed by atoms with Crippen LogP contribution >= 0.6 is 0 Å². The molecule has 0 radical (unpaired) electrons. The summed E-state index contributed by atoms with van der Waals surface area (Å²) in [6.45, 7) is 2.92. The summed E-state index contributed by atoms with van der Waals surface area (Å²) in [7, 11) is 0. The molecule has 21 heavy (non-hydrogen) atoms. The molecule has 112 valence electrons. The molecule has 2 unspecified atom stereocenters. The van der Waals surface area contributed by atoms with Gasteiger partial charge in [0, 0.05) is 26.2 Å². The lowest BCUT2D eigenvalue weighted by atomic mass is 10.1. The van der Waals surface area contributed by atoms with Gasteiger partial charge in [-0.15, -0.1) is 0 Å². The van der Waals surface area contributed by atoms with Crippen LogP contribution in [-0.2, 0) is 15.9 Å². The number of nitrogens with one attached hydrogen (secondary N) is 1. The first-order chi connectivity index (χ1) is 10.3. The van der Waals surface area contributed by atoms with Crippen LogP contribution in [0.2, 0.25) is 0 Å². The zero-order chi connectivity index (χ0) is 14.2. The predicted molar refractivity (Wildman–Crippen MR) is 75.3 cm³/mol. The Bertz CT molecular complexity index is 696. The van der Waals surface area contributed by atoms with Crippen LogP contribution in [0.25, 0.3) is 11.0 Å². The number of nitrogens with zero attached hydrogens (tertiary/aromatic N) is 3. The number of fused-ring (bicyclic) bond motifs is 1. The average molecular weight is 290 g/mol. The van der Waals surface area contributed by atoms with Crippen molar-refractivity contribution in [3.63, 3.8) is 0 Å². The minimum atomic E-state index is -0.112. The summed E-state index contributed by atoms with van der Waals surface area (Å²) in [4.78, 5) is 19.7. The number of hydrogen-bond donors (Lipinski definition) is 1. The zero-order valence-electron chi connectivity index (χ0n) is 11.7. The molecule has 7 nitrogen and oxygen atoms in total.